The van der Waals surface area contributed by atoms with Crippen LogP contribution in [0.25, 0.3) is 0 Å². The quantitative estimate of drug-likeness (QED) is 0.566. The van der Waals surface area contributed by atoms with E-state index in [1.807, 2.05) is 0 Å². The highest BCUT2D eigenvalue weighted by Gasteiger charge is 2.51. The van der Waals surface area contributed by atoms with Gasteiger partial charge in [0.15, 0.2) is 0 Å². The van der Waals surface area contributed by atoms with Gasteiger partial charge in [0.05, 0.1) is 6.04 Å². The summed E-state index contributed by atoms with van der Waals surface area (Å²) >= 11 is 0. The largest absolute Gasteiger partial charge is 0.363 e. The Morgan fingerprint density at radius 3 is 2.55 bits per heavy atom. The van der Waals surface area contributed by atoms with Gasteiger partial charge in [-0.05, 0) is 38.8 Å². The second-order valence-corrected chi connectivity index (χ2v) is 7.28. The Balaban J connectivity index is 1.69. The topological polar surface area (TPSA) is 119 Å². The maximum absolute atomic E-state index is 12.4. The predicted molar refractivity (Wildman–Crippen MR) is 76.3 cm³/mol. The smallest absolute Gasteiger partial charge is 0.351 e. The van der Waals surface area contributed by atoms with Crippen molar-refractivity contribution in [3.05, 3.63) is 0 Å². The summed E-state index contributed by atoms with van der Waals surface area (Å²) in [6.45, 7) is 1.84. The van der Waals surface area contributed by atoms with Gasteiger partial charge in [-0.2, -0.15) is 12.7 Å². The predicted octanol–water partition coefficient (Wildman–Crippen LogP) is -1.07. The first-order valence-electron chi connectivity index (χ1n) is 7.46. The lowest BCUT2D eigenvalue weighted by Gasteiger charge is -2.32. The molecule has 22 heavy (non-hydrogen) atoms. The van der Waals surface area contributed by atoms with E-state index in [0.717, 1.165) is 25.9 Å². The molecule has 0 aromatic rings. The number of nitrogens with zero attached hydrogens (tertiary/aromatic N) is 2. The van der Waals surface area contributed by atoms with Gasteiger partial charge in [-0.1, -0.05) is 0 Å². The Bertz CT molecular complexity index is 574. The van der Waals surface area contributed by atoms with Gasteiger partial charge in [-0.3, -0.25) is 9.35 Å². The molecule has 3 heterocycles. The summed E-state index contributed by atoms with van der Waals surface area (Å²) in [5.74, 6) is -0.240. The fourth-order valence-electron chi connectivity index (χ4n) is 3.46. The molecular formula is C12H20N4O5S. The van der Waals surface area contributed by atoms with E-state index in [-0.39, 0.29) is 18.5 Å². The minimum atomic E-state index is -4.58. The number of rotatable bonds is 3. The van der Waals surface area contributed by atoms with Crippen LogP contribution in [0, 0.1) is 0 Å². The fraction of sp³-hybridized carbons (Fsp3) is 0.833. The molecule has 0 aromatic heterocycles. The van der Waals surface area contributed by atoms with E-state index in [2.05, 4.69) is 10.6 Å². The molecule has 0 unspecified atom stereocenters. The van der Waals surface area contributed by atoms with E-state index in [4.69, 9.17) is 4.55 Å². The number of amides is 3. The summed E-state index contributed by atoms with van der Waals surface area (Å²) < 4.78 is 32.3. The van der Waals surface area contributed by atoms with Crippen molar-refractivity contribution in [3.8, 4) is 0 Å². The molecule has 2 atom stereocenters. The number of nitrogens with one attached hydrogen (secondary N) is 2. The maximum atomic E-state index is 12.4. The highest BCUT2D eigenvalue weighted by atomic mass is 32.2. The first kappa shape index (κ1) is 15.5. The van der Waals surface area contributed by atoms with Crippen molar-refractivity contribution in [2.75, 3.05) is 19.6 Å². The zero-order chi connectivity index (χ0) is 15.9. The molecule has 3 N–H and O–H groups in total. The molecule has 3 aliphatic rings. The molecule has 0 saturated carbocycles. The number of piperidine rings is 2. The number of hydrogen-bond acceptors (Lipinski definition) is 5. The van der Waals surface area contributed by atoms with E-state index in [1.165, 1.54) is 4.90 Å². The zero-order valence-corrected chi connectivity index (χ0v) is 12.9. The number of fused-ring (bicyclic) bond motifs is 2. The number of carbonyl (C=O) groups is 2. The third kappa shape index (κ3) is 2.77. The van der Waals surface area contributed by atoms with Crippen LogP contribution in [0.15, 0.2) is 0 Å². The minimum absolute atomic E-state index is 0.0851. The average molecular weight is 332 g/mol. The van der Waals surface area contributed by atoms with E-state index < -0.39 is 28.4 Å². The molecule has 2 bridgehead atoms. The van der Waals surface area contributed by atoms with Crippen LogP contribution in [0.1, 0.15) is 25.7 Å². The van der Waals surface area contributed by atoms with Gasteiger partial charge in [-0.25, -0.2) is 4.79 Å². The van der Waals surface area contributed by atoms with Gasteiger partial charge < -0.3 is 15.5 Å². The lowest BCUT2D eigenvalue weighted by atomic mass is 9.99. The molecule has 0 spiro atoms. The summed E-state index contributed by atoms with van der Waals surface area (Å²) in [5, 5.41) is 6.15. The lowest BCUT2D eigenvalue weighted by molar-refractivity contribution is -0.126. The summed E-state index contributed by atoms with van der Waals surface area (Å²) in [4.78, 5) is 25.8. The van der Waals surface area contributed by atoms with Crippen molar-refractivity contribution < 1.29 is 22.6 Å². The molecule has 0 radical (unpaired) electrons. The third-order valence-electron chi connectivity index (χ3n) is 4.56. The van der Waals surface area contributed by atoms with E-state index >= 15 is 0 Å². The zero-order valence-electron chi connectivity index (χ0n) is 12.1. The molecule has 9 nitrogen and oxygen atoms in total. The summed E-state index contributed by atoms with van der Waals surface area (Å²) in [6.07, 6.45) is 2.46. The second-order valence-electron chi connectivity index (χ2n) is 5.99. The van der Waals surface area contributed by atoms with E-state index in [0.29, 0.717) is 17.1 Å². The van der Waals surface area contributed by atoms with Crippen LogP contribution in [0.4, 0.5) is 4.79 Å². The van der Waals surface area contributed by atoms with Crippen molar-refractivity contribution in [2.45, 2.75) is 43.8 Å². The van der Waals surface area contributed by atoms with Crippen LogP contribution in [0.3, 0.4) is 0 Å². The lowest BCUT2D eigenvalue weighted by Crippen LogP contribution is -2.53. The number of hydrogen-bond donors (Lipinski definition) is 3. The molecule has 3 fully saturated rings. The Morgan fingerprint density at radius 2 is 1.91 bits per heavy atom. The van der Waals surface area contributed by atoms with E-state index in [9.17, 15) is 18.0 Å². The van der Waals surface area contributed by atoms with Crippen molar-refractivity contribution >= 4 is 22.2 Å². The van der Waals surface area contributed by atoms with Crippen molar-refractivity contribution in [3.63, 3.8) is 0 Å². The number of carbonyl (C=O) groups excluding carboxylic acids is 2. The first-order chi connectivity index (χ1) is 10.4. The molecule has 3 rings (SSSR count). The van der Waals surface area contributed by atoms with Gasteiger partial charge >= 0.3 is 16.3 Å². The highest BCUT2D eigenvalue weighted by Crippen LogP contribution is 2.31. The molecule has 3 amide bonds. The Hall–Kier alpha value is -1.39. The second kappa shape index (κ2) is 5.67. The molecule has 3 saturated heterocycles. The Morgan fingerprint density at radius 1 is 1.23 bits per heavy atom. The Kier molecular flexibility index (Phi) is 4.00. The number of urea groups is 1. The normalized spacial score (nSPS) is 29.8. The van der Waals surface area contributed by atoms with Crippen LogP contribution < -0.4 is 10.6 Å². The Labute approximate surface area is 128 Å². The SMILES string of the molecule is O=C(NC1CCNCC1)[C@@H]1CC[C@@H]2CN1C(=O)N2S(=O)(=O)O. The van der Waals surface area contributed by atoms with Crippen molar-refractivity contribution in [2.24, 2.45) is 0 Å². The van der Waals surface area contributed by atoms with Crippen LogP contribution in [-0.2, 0) is 15.1 Å². The highest BCUT2D eigenvalue weighted by molar-refractivity contribution is 7.84. The fourth-order valence-corrected chi connectivity index (χ4v) is 4.31. The molecule has 124 valence electrons. The summed E-state index contributed by atoms with van der Waals surface area (Å²) in [7, 11) is -4.58. The molecule has 10 heteroatoms. The van der Waals surface area contributed by atoms with Gasteiger partial charge in [0.1, 0.15) is 6.04 Å². The minimum Gasteiger partial charge on any atom is -0.351 e. The van der Waals surface area contributed by atoms with Crippen LogP contribution in [0.5, 0.6) is 0 Å². The van der Waals surface area contributed by atoms with Crippen molar-refractivity contribution in [1.82, 2.24) is 19.8 Å². The third-order valence-corrected chi connectivity index (χ3v) is 5.51. The van der Waals surface area contributed by atoms with Crippen LogP contribution >= 0.6 is 0 Å². The summed E-state index contributed by atoms with van der Waals surface area (Å²) in [5.41, 5.74) is 0. The maximum Gasteiger partial charge on any atom is 0.363 e. The van der Waals surface area contributed by atoms with Crippen molar-refractivity contribution in [1.29, 1.82) is 0 Å². The first-order valence-corrected chi connectivity index (χ1v) is 8.86. The average Bonchev–Trinajstić information content (AvgIpc) is 2.71. The van der Waals surface area contributed by atoms with Gasteiger partial charge in [0, 0.05) is 12.6 Å². The van der Waals surface area contributed by atoms with Gasteiger partial charge in [-0.15, -0.1) is 0 Å². The molecule has 0 aromatic carbocycles. The summed E-state index contributed by atoms with van der Waals surface area (Å²) in [6, 6.07) is -1.96. The molecule has 0 aliphatic carbocycles. The molecule has 3 aliphatic heterocycles. The standard InChI is InChI=1S/C12H20N4O5S/c17-11(14-8-3-5-13-6-4-8)10-2-1-9-7-15(10)12(18)16(9)22(19,20)21/h8-10,13H,1-7H2,(H,14,17)(H,19,20,21)/t9-,10+/m1/s1. The van der Waals surface area contributed by atoms with Crippen LogP contribution in [0.2, 0.25) is 0 Å². The van der Waals surface area contributed by atoms with E-state index in [1.54, 1.807) is 0 Å². The van der Waals surface area contributed by atoms with Crippen LogP contribution in [-0.4, -0.2) is 71.9 Å². The van der Waals surface area contributed by atoms with Gasteiger partial charge in [0.25, 0.3) is 0 Å². The monoisotopic (exact) mass is 332 g/mol. The molecular weight excluding hydrogens is 312 g/mol. The van der Waals surface area contributed by atoms with Gasteiger partial charge in [0.2, 0.25) is 5.91 Å².